The number of hydrogen-bond donors (Lipinski definition) is 1. The maximum absolute atomic E-state index is 13.5. The summed E-state index contributed by atoms with van der Waals surface area (Å²) in [7, 11) is 1.53. The third-order valence-electron chi connectivity index (χ3n) is 2.35. The van der Waals surface area contributed by atoms with Crippen molar-refractivity contribution in [2.24, 2.45) is 0 Å². The third kappa shape index (κ3) is 1.70. The van der Waals surface area contributed by atoms with Gasteiger partial charge in [-0.05, 0) is 24.6 Å². The predicted octanol–water partition coefficient (Wildman–Crippen LogP) is 2.53. The van der Waals surface area contributed by atoms with Gasteiger partial charge in [0.25, 0.3) is 0 Å². The molecule has 2 rings (SSSR count). The van der Waals surface area contributed by atoms with Gasteiger partial charge in [-0.3, -0.25) is 5.10 Å². The van der Waals surface area contributed by atoms with Crippen LogP contribution in [0.3, 0.4) is 0 Å². The largest absolute Gasteiger partial charge is 0.496 e. The first kappa shape index (κ1) is 9.71. The van der Waals surface area contributed by atoms with Crippen molar-refractivity contribution in [2.45, 2.75) is 6.92 Å². The molecule has 1 heterocycles. The minimum absolute atomic E-state index is 0.273. The normalized spacial score (nSPS) is 10.3. The molecule has 1 aromatic carbocycles. The Hall–Kier alpha value is -1.84. The van der Waals surface area contributed by atoms with Gasteiger partial charge in [-0.1, -0.05) is 0 Å². The van der Waals surface area contributed by atoms with Gasteiger partial charge in [-0.25, -0.2) is 4.39 Å². The number of rotatable bonds is 2. The van der Waals surface area contributed by atoms with Gasteiger partial charge in [0, 0.05) is 17.3 Å². The highest BCUT2D eigenvalue weighted by atomic mass is 19.1. The van der Waals surface area contributed by atoms with Gasteiger partial charge >= 0.3 is 0 Å². The highest BCUT2D eigenvalue weighted by molar-refractivity contribution is 5.64. The van der Waals surface area contributed by atoms with Crippen molar-refractivity contribution in [2.75, 3.05) is 7.11 Å². The van der Waals surface area contributed by atoms with Crippen LogP contribution in [-0.2, 0) is 0 Å². The summed E-state index contributed by atoms with van der Waals surface area (Å²) in [6.45, 7) is 1.69. The van der Waals surface area contributed by atoms with Crippen LogP contribution < -0.4 is 4.74 Å². The summed E-state index contributed by atoms with van der Waals surface area (Å²) in [5.74, 6) is 0.275. The standard InChI is InChI=1S/C11H11FN2O/c1-7-10(12)3-8(4-11(7)15-2)9-5-13-14-6-9/h3-6H,1-2H3,(H,13,14). The van der Waals surface area contributed by atoms with Gasteiger partial charge < -0.3 is 4.74 Å². The average molecular weight is 206 g/mol. The molecular weight excluding hydrogens is 195 g/mol. The van der Waals surface area contributed by atoms with Crippen molar-refractivity contribution < 1.29 is 9.13 Å². The maximum Gasteiger partial charge on any atom is 0.130 e. The molecule has 1 N–H and O–H groups in total. The number of ether oxygens (including phenoxy) is 1. The molecule has 3 nitrogen and oxygen atoms in total. The smallest absolute Gasteiger partial charge is 0.130 e. The Morgan fingerprint density at radius 1 is 1.33 bits per heavy atom. The summed E-state index contributed by atoms with van der Waals surface area (Å²) in [5, 5.41) is 6.50. The van der Waals surface area contributed by atoms with E-state index in [1.54, 1.807) is 25.4 Å². The van der Waals surface area contributed by atoms with E-state index in [1.165, 1.54) is 13.2 Å². The van der Waals surface area contributed by atoms with Crippen molar-refractivity contribution in [3.8, 4) is 16.9 Å². The Kier molecular flexibility index (Phi) is 2.41. The molecular formula is C11H11FN2O. The van der Waals surface area contributed by atoms with Crippen LogP contribution in [0.4, 0.5) is 4.39 Å². The Balaban J connectivity index is 2.55. The number of halogens is 1. The topological polar surface area (TPSA) is 37.9 Å². The fourth-order valence-corrected chi connectivity index (χ4v) is 1.44. The van der Waals surface area contributed by atoms with E-state index >= 15 is 0 Å². The van der Waals surface area contributed by atoms with E-state index in [1.807, 2.05) is 0 Å². The molecule has 0 fully saturated rings. The monoisotopic (exact) mass is 206 g/mol. The van der Waals surface area contributed by atoms with Gasteiger partial charge in [0.2, 0.25) is 0 Å². The minimum atomic E-state index is -0.273. The van der Waals surface area contributed by atoms with Crippen LogP contribution in [-0.4, -0.2) is 17.3 Å². The van der Waals surface area contributed by atoms with Crippen molar-refractivity contribution in [1.82, 2.24) is 10.2 Å². The number of benzene rings is 1. The average Bonchev–Trinajstić information content (AvgIpc) is 2.75. The highest BCUT2D eigenvalue weighted by Gasteiger charge is 2.09. The molecule has 0 aliphatic carbocycles. The molecule has 0 radical (unpaired) electrons. The quantitative estimate of drug-likeness (QED) is 0.819. The van der Waals surface area contributed by atoms with E-state index in [2.05, 4.69) is 10.2 Å². The number of nitrogens with zero attached hydrogens (tertiary/aromatic N) is 1. The fraction of sp³-hybridized carbons (Fsp3) is 0.182. The molecule has 0 amide bonds. The number of hydrogen-bond acceptors (Lipinski definition) is 2. The molecule has 0 saturated carbocycles. The molecule has 78 valence electrons. The zero-order valence-corrected chi connectivity index (χ0v) is 8.54. The van der Waals surface area contributed by atoms with Gasteiger partial charge in [-0.15, -0.1) is 0 Å². The lowest BCUT2D eigenvalue weighted by Gasteiger charge is -2.07. The van der Waals surface area contributed by atoms with Crippen molar-refractivity contribution >= 4 is 0 Å². The fourth-order valence-electron chi connectivity index (χ4n) is 1.44. The first-order chi connectivity index (χ1) is 7.22. The molecule has 0 spiro atoms. The molecule has 0 aliphatic rings. The van der Waals surface area contributed by atoms with Crippen LogP contribution in [0.1, 0.15) is 5.56 Å². The molecule has 1 aromatic heterocycles. The first-order valence-electron chi connectivity index (χ1n) is 4.55. The molecule has 4 heteroatoms. The Labute approximate surface area is 86.9 Å². The summed E-state index contributed by atoms with van der Waals surface area (Å²) in [6.07, 6.45) is 3.35. The van der Waals surface area contributed by atoms with Gasteiger partial charge in [0.15, 0.2) is 0 Å². The van der Waals surface area contributed by atoms with Crippen LogP contribution in [0.15, 0.2) is 24.5 Å². The maximum atomic E-state index is 13.5. The second-order valence-electron chi connectivity index (χ2n) is 3.27. The Morgan fingerprint density at radius 2 is 2.13 bits per heavy atom. The highest BCUT2D eigenvalue weighted by Crippen LogP contribution is 2.28. The lowest BCUT2D eigenvalue weighted by atomic mass is 10.1. The van der Waals surface area contributed by atoms with E-state index in [0.29, 0.717) is 11.3 Å². The number of methoxy groups -OCH3 is 1. The summed E-state index contributed by atoms with van der Waals surface area (Å²) < 4.78 is 18.6. The van der Waals surface area contributed by atoms with Gasteiger partial charge in [0.05, 0.1) is 13.3 Å². The molecule has 0 unspecified atom stereocenters. The van der Waals surface area contributed by atoms with E-state index in [9.17, 15) is 4.39 Å². The van der Waals surface area contributed by atoms with Crippen molar-refractivity contribution in [3.63, 3.8) is 0 Å². The second-order valence-corrected chi connectivity index (χ2v) is 3.27. The van der Waals surface area contributed by atoms with E-state index < -0.39 is 0 Å². The molecule has 0 atom stereocenters. The van der Waals surface area contributed by atoms with Crippen LogP contribution in [0.2, 0.25) is 0 Å². The van der Waals surface area contributed by atoms with E-state index in [4.69, 9.17) is 4.74 Å². The molecule has 2 aromatic rings. The number of aromatic amines is 1. The van der Waals surface area contributed by atoms with Crippen LogP contribution in [0.5, 0.6) is 5.75 Å². The van der Waals surface area contributed by atoms with Crippen molar-refractivity contribution in [3.05, 3.63) is 35.9 Å². The molecule has 15 heavy (non-hydrogen) atoms. The molecule has 0 saturated heterocycles. The summed E-state index contributed by atoms with van der Waals surface area (Å²) >= 11 is 0. The number of aromatic nitrogens is 2. The minimum Gasteiger partial charge on any atom is -0.496 e. The summed E-state index contributed by atoms with van der Waals surface area (Å²) in [6, 6.07) is 3.27. The van der Waals surface area contributed by atoms with Crippen LogP contribution in [0.25, 0.3) is 11.1 Å². The third-order valence-corrected chi connectivity index (χ3v) is 2.35. The molecule has 0 aliphatic heterocycles. The predicted molar refractivity (Wildman–Crippen MR) is 55.3 cm³/mol. The second kappa shape index (κ2) is 3.73. The Morgan fingerprint density at radius 3 is 2.73 bits per heavy atom. The van der Waals surface area contributed by atoms with Crippen LogP contribution >= 0.6 is 0 Å². The molecule has 0 bridgehead atoms. The number of H-pyrrole nitrogens is 1. The zero-order valence-electron chi connectivity index (χ0n) is 8.54. The van der Waals surface area contributed by atoms with Gasteiger partial charge in [-0.2, -0.15) is 5.10 Å². The summed E-state index contributed by atoms with van der Waals surface area (Å²) in [4.78, 5) is 0. The van der Waals surface area contributed by atoms with Crippen molar-refractivity contribution in [1.29, 1.82) is 0 Å². The van der Waals surface area contributed by atoms with E-state index in [-0.39, 0.29) is 5.82 Å². The lowest BCUT2D eigenvalue weighted by Crippen LogP contribution is -1.91. The Bertz CT molecular complexity index is 466. The first-order valence-corrected chi connectivity index (χ1v) is 4.55. The van der Waals surface area contributed by atoms with Gasteiger partial charge in [0.1, 0.15) is 11.6 Å². The summed E-state index contributed by atoms with van der Waals surface area (Å²) in [5.41, 5.74) is 2.11. The van der Waals surface area contributed by atoms with E-state index in [0.717, 1.165) is 11.1 Å². The SMILES string of the molecule is COc1cc(-c2cn[nH]c2)cc(F)c1C. The van der Waals surface area contributed by atoms with Crippen LogP contribution in [0, 0.1) is 12.7 Å². The number of nitrogens with one attached hydrogen (secondary N) is 1. The lowest BCUT2D eigenvalue weighted by molar-refractivity contribution is 0.407. The zero-order chi connectivity index (χ0) is 10.8.